The van der Waals surface area contributed by atoms with E-state index < -0.39 is 0 Å². The van der Waals surface area contributed by atoms with Crippen LogP contribution in [-0.2, 0) is 4.74 Å². The number of hydrogen-bond donors (Lipinski definition) is 0. The van der Waals surface area contributed by atoms with Gasteiger partial charge in [-0.25, -0.2) is 0 Å². The van der Waals surface area contributed by atoms with Gasteiger partial charge in [-0.2, -0.15) is 0 Å². The quantitative estimate of drug-likeness (QED) is 0.588. The maximum Gasteiger partial charge on any atom is 0.185 e. The molecular formula is C24H22O. The fourth-order valence-corrected chi connectivity index (χ4v) is 3.37. The molecule has 1 nitrogen and oxygen atoms in total. The van der Waals surface area contributed by atoms with Gasteiger partial charge in [-0.1, -0.05) is 54.0 Å². The first-order chi connectivity index (χ1) is 12.3. The predicted octanol–water partition coefficient (Wildman–Crippen LogP) is 5.96. The fourth-order valence-electron chi connectivity index (χ4n) is 3.37. The van der Waals surface area contributed by atoms with Gasteiger partial charge in [0.15, 0.2) is 6.10 Å². The zero-order valence-electron chi connectivity index (χ0n) is 14.6. The van der Waals surface area contributed by atoms with E-state index >= 15 is 0 Å². The lowest BCUT2D eigenvalue weighted by atomic mass is 9.93. The standard InChI is InChI=1S/C24H22O/c1-18-11-13-19(14-12-18)15-16-23-22-10-6-5-9-21(22)17-24(25-23)20-7-3-2-4-8-20/h5-7,9-14,17,23H,2-4,8H2,1H3. The first kappa shape index (κ1) is 15.8. The number of allylic oxidation sites excluding steroid dienone is 2. The van der Waals surface area contributed by atoms with Crippen molar-refractivity contribution in [1.29, 1.82) is 0 Å². The SMILES string of the molecule is Cc1ccc(C#CC2OC(C3=CCCCC3)=Cc3ccccc32)cc1. The molecule has 0 saturated carbocycles. The molecule has 0 spiro atoms. The second-order valence-corrected chi connectivity index (χ2v) is 6.75. The highest BCUT2D eigenvalue weighted by molar-refractivity contribution is 5.63. The molecule has 0 N–H and O–H groups in total. The molecule has 1 heteroatoms. The van der Waals surface area contributed by atoms with Crippen molar-refractivity contribution in [3.8, 4) is 11.8 Å². The van der Waals surface area contributed by atoms with Gasteiger partial charge in [0.1, 0.15) is 5.76 Å². The van der Waals surface area contributed by atoms with Gasteiger partial charge in [0.05, 0.1) is 0 Å². The first-order valence-electron chi connectivity index (χ1n) is 9.04. The molecule has 124 valence electrons. The van der Waals surface area contributed by atoms with Crippen LogP contribution in [0.25, 0.3) is 6.08 Å². The van der Waals surface area contributed by atoms with Gasteiger partial charge in [0.2, 0.25) is 0 Å². The van der Waals surface area contributed by atoms with E-state index in [2.05, 4.69) is 79.4 Å². The first-order valence-corrected chi connectivity index (χ1v) is 9.04. The normalized spacial score (nSPS) is 18.8. The lowest BCUT2D eigenvalue weighted by Gasteiger charge is -2.26. The van der Waals surface area contributed by atoms with E-state index in [4.69, 9.17) is 4.74 Å². The third kappa shape index (κ3) is 3.54. The van der Waals surface area contributed by atoms with E-state index in [1.165, 1.54) is 29.5 Å². The average molecular weight is 326 g/mol. The molecule has 2 aromatic carbocycles. The fraction of sp³-hybridized carbons (Fsp3) is 0.250. The highest BCUT2D eigenvalue weighted by Gasteiger charge is 2.23. The minimum Gasteiger partial charge on any atom is -0.473 e. The molecule has 1 heterocycles. The van der Waals surface area contributed by atoms with Crippen LogP contribution in [-0.4, -0.2) is 0 Å². The Morgan fingerprint density at radius 1 is 1.00 bits per heavy atom. The minimum absolute atomic E-state index is 0.208. The van der Waals surface area contributed by atoms with Crippen molar-refractivity contribution < 1.29 is 4.74 Å². The summed E-state index contributed by atoms with van der Waals surface area (Å²) in [5.74, 6) is 7.63. The second-order valence-electron chi connectivity index (χ2n) is 6.75. The van der Waals surface area contributed by atoms with Crippen LogP contribution in [0, 0.1) is 18.8 Å². The van der Waals surface area contributed by atoms with Crippen molar-refractivity contribution in [1.82, 2.24) is 0 Å². The number of ether oxygens (including phenoxy) is 1. The molecule has 1 aliphatic carbocycles. The van der Waals surface area contributed by atoms with E-state index in [1.807, 2.05) is 0 Å². The summed E-state index contributed by atoms with van der Waals surface area (Å²) in [6, 6.07) is 16.7. The average Bonchev–Trinajstić information content (AvgIpc) is 2.68. The Bertz CT molecular complexity index is 888. The van der Waals surface area contributed by atoms with Gasteiger partial charge in [0.25, 0.3) is 0 Å². The Labute approximate surface area is 150 Å². The summed E-state index contributed by atoms with van der Waals surface area (Å²) in [5.41, 5.74) is 5.99. The number of hydrogen-bond acceptors (Lipinski definition) is 1. The van der Waals surface area contributed by atoms with Crippen LogP contribution in [0.1, 0.15) is 54.0 Å². The molecule has 1 aliphatic heterocycles. The minimum atomic E-state index is -0.208. The summed E-state index contributed by atoms with van der Waals surface area (Å²) < 4.78 is 6.32. The van der Waals surface area contributed by atoms with Crippen LogP contribution in [0.3, 0.4) is 0 Å². The Morgan fingerprint density at radius 3 is 2.64 bits per heavy atom. The molecule has 25 heavy (non-hydrogen) atoms. The smallest absolute Gasteiger partial charge is 0.185 e. The Hall–Kier alpha value is -2.72. The zero-order chi connectivity index (χ0) is 17.1. The van der Waals surface area contributed by atoms with Crippen molar-refractivity contribution in [2.75, 3.05) is 0 Å². The lowest BCUT2D eigenvalue weighted by Crippen LogP contribution is -2.11. The van der Waals surface area contributed by atoms with E-state index in [-0.39, 0.29) is 6.10 Å². The van der Waals surface area contributed by atoms with E-state index in [9.17, 15) is 0 Å². The zero-order valence-corrected chi connectivity index (χ0v) is 14.6. The van der Waals surface area contributed by atoms with Gasteiger partial charge in [-0.3, -0.25) is 0 Å². The molecule has 4 rings (SSSR count). The predicted molar refractivity (Wildman–Crippen MR) is 103 cm³/mol. The van der Waals surface area contributed by atoms with Crippen LogP contribution < -0.4 is 0 Å². The lowest BCUT2D eigenvalue weighted by molar-refractivity contribution is 0.167. The van der Waals surface area contributed by atoms with Crippen LogP contribution in [0.15, 0.2) is 65.9 Å². The molecule has 0 aromatic heterocycles. The van der Waals surface area contributed by atoms with Crippen molar-refractivity contribution >= 4 is 6.08 Å². The highest BCUT2D eigenvalue weighted by Crippen LogP contribution is 2.36. The van der Waals surface area contributed by atoms with Gasteiger partial charge >= 0.3 is 0 Å². The summed E-state index contributed by atoms with van der Waals surface area (Å²) in [6.07, 6.45) is 9.08. The Morgan fingerprint density at radius 2 is 1.84 bits per heavy atom. The van der Waals surface area contributed by atoms with Gasteiger partial charge in [-0.05, 0) is 67.9 Å². The molecule has 0 saturated heterocycles. The largest absolute Gasteiger partial charge is 0.473 e. The van der Waals surface area contributed by atoms with Crippen molar-refractivity contribution in [2.24, 2.45) is 0 Å². The van der Waals surface area contributed by atoms with E-state index in [0.29, 0.717) is 0 Å². The molecule has 1 unspecified atom stereocenters. The monoisotopic (exact) mass is 326 g/mol. The van der Waals surface area contributed by atoms with Crippen LogP contribution >= 0.6 is 0 Å². The molecule has 0 bridgehead atoms. The van der Waals surface area contributed by atoms with Crippen LogP contribution in [0.4, 0.5) is 0 Å². The maximum atomic E-state index is 6.32. The van der Waals surface area contributed by atoms with Crippen molar-refractivity contribution in [3.05, 3.63) is 88.2 Å². The van der Waals surface area contributed by atoms with Crippen LogP contribution in [0.2, 0.25) is 0 Å². The third-order valence-corrected chi connectivity index (χ3v) is 4.82. The molecule has 0 radical (unpaired) electrons. The maximum absolute atomic E-state index is 6.32. The van der Waals surface area contributed by atoms with E-state index in [1.54, 1.807) is 0 Å². The summed E-state index contributed by atoms with van der Waals surface area (Å²) in [4.78, 5) is 0. The number of aryl methyl sites for hydroxylation is 1. The molecule has 0 fully saturated rings. The second kappa shape index (κ2) is 7.03. The summed E-state index contributed by atoms with van der Waals surface area (Å²) >= 11 is 0. The number of rotatable bonds is 1. The molecule has 2 aliphatic rings. The summed E-state index contributed by atoms with van der Waals surface area (Å²) in [7, 11) is 0. The van der Waals surface area contributed by atoms with Gasteiger partial charge in [-0.15, -0.1) is 0 Å². The van der Waals surface area contributed by atoms with Crippen molar-refractivity contribution in [2.45, 2.75) is 38.7 Å². The molecule has 0 amide bonds. The van der Waals surface area contributed by atoms with Crippen molar-refractivity contribution in [3.63, 3.8) is 0 Å². The highest BCUT2D eigenvalue weighted by atomic mass is 16.5. The van der Waals surface area contributed by atoms with E-state index in [0.717, 1.165) is 29.7 Å². The topological polar surface area (TPSA) is 9.23 Å². The van der Waals surface area contributed by atoms with Gasteiger partial charge in [0, 0.05) is 11.1 Å². The van der Waals surface area contributed by atoms with Gasteiger partial charge < -0.3 is 4.74 Å². The third-order valence-electron chi connectivity index (χ3n) is 4.82. The Kier molecular flexibility index (Phi) is 4.44. The molecule has 1 atom stereocenters. The summed E-state index contributed by atoms with van der Waals surface area (Å²) in [5, 5.41) is 0. The number of fused-ring (bicyclic) bond motifs is 1. The van der Waals surface area contributed by atoms with Crippen LogP contribution in [0.5, 0.6) is 0 Å². The summed E-state index contributed by atoms with van der Waals surface area (Å²) in [6.45, 7) is 2.09. The molecular weight excluding hydrogens is 304 g/mol. The number of benzene rings is 2. The molecule has 2 aromatic rings. The Balaban J connectivity index is 1.67.